The van der Waals surface area contributed by atoms with Crippen LogP contribution in [0.15, 0.2) is 54.6 Å². The second kappa shape index (κ2) is 10.4. The second-order valence-electron chi connectivity index (χ2n) is 5.35. The molecule has 136 valence electrons. The van der Waals surface area contributed by atoms with Crippen LogP contribution in [0.2, 0.25) is 5.02 Å². The van der Waals surface area contributed by atoms with Gasteiger partial charge in [0.2, 0.25) is 0 Å². The van der Waals surface area contributed by atoms with E-state index in [2.05, 4.69) is 16.2 Å². The average Bonchev–Trinajstić information content (AvgIpc) is 2.66. The van der Waals surface area contributed by atoms with Crippen LogP contribution >= 0.6 is 23.8 Å². The molecule has 0 heterocycles. The largest absolute Gasteiger partial charge is 0.497 e. The van der Waals surface area contributed by atoms with Crippen molar-refractivity contribution in [2.45, 2.75) is 6.42 Å². The number of carbonyl (C=O) groups is 1. The number of nitrogens with one attached hydrogen (secondary N) is 3. The second-order valence-corrected chi connectivity index (χ2v) is 6.20. The van der Waals surface area contributed by atoms with E-state index in [4.69, 9.17) is 28.6 Å². The lowest BCUT2D eigenvalue weighted by Gasteiger charge is -2.10. The monoisotopic (exact) mass is 389 g/mol. The lowest BCUT2D eigenvalue weighted by atomic mass is 10.1. The summed E-state index contributed by atoms with van der Waals surface area (Å²) >= 11 is 11.0. The average molecular weight is 390 g/mol. The number of rotatable bonds is 6. The highest BCUT2D eigenvalue weighted by Crippen LogP contribution is 2.12. The standard InChI is InChI=1S/C19H20ClN3O2S/c1-25-17-9-4-14(5-10-17)6-11-18(24)22-23-19(26)21-13-12-15-2-7-16(20)8-3-15/h2-11H,12-13H2,1H3,(H,22,24)(H2,21,23,26)/b11-6+. The Morgan fingerprint density at radius 1 is 1.12 bits per heavy atom. The molecule has 0 aliphatic carbocycles. The molecule has 7 heteroatoms. The van der Waals surface area contributed by atoms with Gasteiger partial charge in [-0.15, -0.1) is 0 Å². The lowest BCUT2D eigenvalue weighted by Crippen LogP contribution is -2.46. The van der Waals surface area contributed by atoms with Crippen LogP contribution in [0, 0.1) is 0 Å². The van der Waals surface area contributed by atoms with Crippen LogP contribution in [-0.4, -0.2) is 24.7 Å². The fourth-order valence-corrected chi connectivity index (χ4v) is 2.34. The molecule has 0 aliphatic heterocycles. The molecule has 0 atom stereocenters. The Morgan fingerprint density at radius 2 is 1.81 bits per heavy atom. The van der Waals surface area contributed by atoms with Crippen LogP contribution in [0.4, 0.5) is 0 Å². The van der Waals surface area contributed by atoms with Crippen molar-refractivity contribution in [2.75, 3.05) is 13.7 Å². The van der Waals surface area contributed by atoms with Crippen molar-refractivity contribution in [3.8, 4) is 5.75 Å². The van der Waals surface area contributed by atoms with E-state index < -0.39 is 0 Å². The van der Waals surface area contributed by atoms with Gasteiger partial charge in [-0.2, -0.15) is 0 Å². The fourth-order valence-electron chi connectivity index (χ4n) is 2.06. The van der Waals surface area contributed by atoms with Gasteiger partial charge in [0, 0.05) is 17.6 Å². The number of halogens is 1. The first-order chi connectivity index (χ1) is 12.6. The van der Waals surface area contributed by atoms with Gasteiger partial charge in [0.25, 0.3) is 5.91 Å². The fraction of sp³-hybridized carbons (Fsp3) is 0.158. The van der Waals surface area contributed by atoms with E-state index in [0.717, 1.165) is 23.3 Å². The molecule has 0 bridgehead atoms. The van der Waals surface area contributed by atoms with Crippen molar-refractivity contribution in [1.29, 1.82) is 0 Å². The summed E-state index contributed by atoms with van der Waals surface area (Å²) in [6.07, 6.45) is 3.92. The van der Waals surface area contributed by atoms with Crippen molar-refractivity contribution in [3.05, 3.63) is 70.8 Å². The predicted molar refractivity (Wildman–Crippen MR) is 109 cm³/mol. The highest BCUT2D eigenvalue weighted by atomic mass is 35.5. The van der Waals surface area contributed by atoms with E-state index in [1.54, 1.807) is 13.2 Å². The maximum Gasteiger partial charge on any atom is 0.262 e. The highest BCUT2D eigenvalue weighted by Gasteiger charge is 1.99. The van der Waals surface area contributed by atoms with Crippen molar-refractivity contribution >= 4 is 40.9 Å². The molecule has 0 aliphatic rings. The molecule has 0 unspecified atom stereocenters. The summed E-state index contributed by atoms with van der Waals surface area (Å²) in [6, 6.07) is 15.0. The molecule has 0 aromatic heterocycles. The zero-order valence-corrected chi connectivity index (χ0v) is 15.9. The molecule has 1 amide bonds. The van der Waals surface area contributed by atoms with Crippen LogP contribution in [0.25, 0.3) is 6.08 Å². The van der Waals surface area contributed by atoms with Crippen LogP contribution < -0.4 is 20.9 Å². The molecule has 0 radical (unpaired) electrons. The number of hydrogen-bond donors (Lipinski definition) is 3. The number of thiocarbonyl (C=S) groups is 1. The van der Waals surface area contributed by atoms with E-state index in [0.29, 0.717) is 16.7 Å². The van der Waals surface area contributed by atoms with Crippen LogP contribution in [0.1, 0.15) is 11.1 Å². The third-order valence-electron chi connectivity index (χ3n) is 3.45. The Morgan fingerprint density at radius 3 is 2.46 bits per heavy atom. The summed E-state index contributed by atoms with van der Waals surface area (Å²) in [6.45, 7) is 0.644. The molecule has 2 aromatic rings. The van der Waals surface area contributed by atoms with Crippen molar-refractivity contribution in [2.24, 2.45) is 0 Å². The Kier molecular flexibility index (Phi) is 7.92. The minimum absolute atomic E-state index is 0.303. The van der Waals surface area contributed by atoms with Crippen LogP contribution in [0.5, 0.6) is 5.75 Å². The van der Waals surface area contributed by atoms with Gasteiger partial charge in [0.05, 0.1) is 7.11 Å². The summed E-state index contributed by atoms with van der Waals surface area (Å²) in [5, 5.41) is 4.09. The number of ether oxygens (including phenoxy) is 1. The Hall–Kier alpha value is -2.57. The highest BCUT2D eigenvalue weighted by molar-refractivity contribution is 7.80. The lowest BCUT2D eigenvalue weighted by molar-refractivity contribution is -0.116. The zero-order chi connectivity index (χ0) is 18.8. The first-order valence-corrected chi connectivity index (χ1v) is 8.76. The molecule has 0 saturated heterocycles. The summed E-state index contributed by atoms with van der Waals surface area (Å²) in [5.74, 6) is 0.464. The van der Waals surface area contributed by atoms with E-state index in [9.17, 15) is 4.79 Å². The van der Waals surface area contributed by atoms with Crippen molar-refractivity contribution in [1.82, 2.24) is 16.2 Å². The van der Waals surface area contributed by atoms with Gasteiger partial charge >= 0.3 is 0 Å². The number of methoxy groups -OCH3 is 1. The molecular weight excluding hydrogens is 370 g/mol. The number of carbonyl (C=O) groups excluding carboxylic acids is 1. The Bertz CT molecular complexity index is 761. The number of hydrogen-bond acceptors (Lipinski definition) is 3. The summed E-state index contributed by atoms with van der Waals surface area (Å²) in [4.78, 5) is 11.8. The summed E-state index contributed by atoms with van der Waals surface area (Å²) in [7, 11) is 1.61. The van der Waals surface area contributed by atoms with Gasteiger partial charge in [-0.25, -0.2) is 0 Å². The van der Waals surface area contributed by atoms with Gasteiger partial charge in [-0.3, -0.25) is 15.6 Å². The smallest absolute Gasteiger partial charge is 0.262 e. The molecule has 0 fully saturated rings. The first-order valence-electron chi connectivity index (χ1n) is 7.97. The minimum Gasteiger partial charge on any atom is -0.497 e. The van der Waals surface area contributed by atoms with Gasteiger partial charge in [0.15, 0.2) is 5.11 Å². The van der Waals surface area contributed by atoms with Crippen LogP contribution in [0.3, 0.4) is 0 Å². The zero-order valence-electron chi connectivity index (χ0n) is 14.3. The number of hydrazine groups is 1. The third kappa shape index (κ3) is 7.13. The molecular formula is C19H20ClN3O2S. The molecule has 3 N–H and O–H groups in total. The van der Waals surface area contributed by atoms with Gasteiger partial charge in [0.1, 0.15) is 5.75 Å². The molecule has 0 saturated carbocycles. The summed E-state index contributed by atoms with van der Waals surface area (Å²) in [5.41, 5.74) is 7.21. The van der Waals surface area contributed by atoms with E-state index in [-0.39, 0.29) is 5.91 Å². The van der Waals surface area contributed by atoms with Gasteiger partial charge in [-0.1, -0.05) is 35.9 Å². The van der Waals surface area contributed by atoms with Gasteiger partial charge < -0.3 is 10.1 Å². The normalized spacial score (nSPS) is 10.4. The Balaban J connectivity index is 1.66. The minimum atomic E-state index is -0.303. The van der Waals surface area contributed by atoms with E-state index in [1.807, 2.05) is 48.5 Å². The molecule has 2 aromatic carbocycles. The van der Waals surface area contributed by atoms with Crippen molar-refractivity contribution in [3.63, 3.8) is 0 Å². The third-order valence-corrected chi connectivity index (χ3v) is 3.95. The summed E-state index contributed by atoms with van der Waals surface area (Å²) < 4.78 is 5.08. The molecule has 5 nitrogen and oxygen atoms in total. The van der Waals surface area contributed by atoms with E-state index >= 15 is 0 Å². The predicted octanol–water partition coefficient (Wildman–Crippen LogP) is 3.10. The first kappa shape index (κ1) is 19.8. The van der Waals surface area contributed by atoms with Crippen molar-refractivity contribution < 1.29 is 9.53 Å². The molecule has 2 rings (SSSR count). The van der Waals surface area contributed by atoms with E-state index in [1.165, 1.54) is 6.08 Å². The quantitative estimate of drug-likeness (QED) is 0.402. The maximum atomic E-state index is 11.8. The molecule has 0 spiro atoms. The topological polar surface area (TPSA) is 62.4 Å². The maximum absolute atomic E-state index is 11.8. The SMILES string of the molecule is COc1ccc(/C=C/C(=O)NNC(=S)NCCc2ccc(Cl)cc2)cc1. The Labute approximate surface area is 163 Å². The number of benzene rings is 2. The molecule has 26 heavy (non-hydrogen) atoms. The van der Waals surface area contributed by atoms with Gasteiger partial charge in [-0.05, 0) is 60.1 Å². The number of amides is 1. The van der Waals surface area contributed by atoms with Crippen LogP contribution in [-0.2, 0) is 11.2 Å².